The van der Waals surface area contributed by atoms with E-state index in [4.69, 9.17) is 4.74 Å². The van der Waals surface area contributed by atoms with E-state index in [2.05, 4.69) is 36.3 Å². The summed E-state index contributed by atoms with van der Waals surface area (Å²) in [5, 5.41) is 3.38. The molecule has 1 aromatic heterocycles. The van der Waals surface area contributed by atoms with E-state index in [9.17, 15) is 0 Å². The number of nitrogens with one attached hydrogen (secondary N) is 1. The molecule has 0 aliphatic carbocycles. The van der Waals surface area contributed by atoms with Gasteiger partial charge in [-0.1, -0.05) is 38.1 Å². The summed E-state index contributed by atoms with van der Waals surface area (Å²) < 4.78 is 5.90. The van der Waals surface area contributed by atoms with E-state index >= 15 is 0 Å². The predicted octanol–water partition coefficient (Wildman–Crippen LogP) is 3.74. The molecule has 3 heteroatoms. The molecule has 0 amide bonds. The lowest BCUT2D eigenvalue weighted by molar-refractivity contribution is 0.312. The first kappa shape index (κ1) is 15.5. The van der Waals surface area contributed by atoms with Crippen LogP contribution in [0, 0.1) is 0 Å². The molecule has 1 unspecified atom stereocenters. The summed E-state index contributed by atoms with van der Waals surface area (Å²) in [6.45, 7) is 5.01. The van der Waals surface area contributed by atoms with Crippen molar-refractivity contribution in [3.8, 4) is 5.75 Å². The molecule has 3 nitrogen and oxygen atoms in total. The molecular weight excluding hydrogens is 260 g/mol. The fourth-order valence-electron chi connectivity index (χ4n) is 2.51. The summed E-state index contributed by atoms with van der Waals surface area (Å²) in [5.41, 5.74) is 3.49. The minimum absolute atomic E-state index is 0.0502. The number of rotatable bonds is 7. The van der Waals surface area contributed by atoms with Crippen molar-refractivity contribution < 1.29 is 4.74 Å². The molecule has 0 saturated heterocycles. The number of para-hydroxylation sites is 1. The second-order valence-electron chi connectivity index (χ2n) is 5.01. The van der Waals surface area contributed by atoms with Crippen LogP contribution >= 0.6 is 0 Å². The lowest BCUT2D eigenvalue weighted by Gasteiger charge is -2.21. The van der Waals surface area contributed by atoms with Crippen molar-refractivity contribution in [3.05, 3.63) is 59.4 Å². The van der Waals surface area contributed by atoms with Gasteiger partial charge in [0.25, 0.3) is 0 Å². The van der Waals surface area contributed by atoms with Gasteiger partial charge in [0, 0.05) is 11.8 Å². The van der Waals surface area contributed by atoms with Crippen LogP contribution in [0.3, 0.4) is 0 Å². The van der Waals surface area contributed by atoms with Crippen molar-refractivity contribution in [2.24, 2.45) is 0 Å². The molecule has 0 bridgehead atoms. The first-order chi connectivity index (χ1) is 10.3. The maximum Gasteiger partial charge on any atom is 0.124 e. The second-order valence-corrected chi connectivity index (χ2v) is 5.01. The van der Waals surface area contributed by atoms with Crippen LogP contribution in [0.25, 0.3) is 0 Å². The van der Waals surface area contributed by atoms with Gasteiger partial charge in [-0.3, -0.25) is 4.98 Å². The van der Waals surface area contributed by atoms with E-state index in [1.54, 1.807) is 0 Å². The lowest BCUT2D eigenvalue weighted by atomic mass is 9.97. The number of pyridine rings is 1. The van der Waals surface area contributed by atoms with Crippen molar-refractivity contribution in [3.63, 3.8) is 0 Å². The van der Waals surface area contributed by atoms with Crippen LogP contribution < -0.4 is 10.1 Å². The molecule has 0 radical (unpaired) electrons. The Morgan fingerprint density at radius 2 is 1.95 bits per heavy atom. The monoisotopic (exact) mass is 284 g/mol. The van der Waals surface area contributed by atoms with Gasteiger partial charge in [-0.2, -0.15) is 0 Å². The molecule has 0 aliphatic heterocycles. The summed E-state index contributed by atoms with van der Waals surface area (Å²) in [6.07, 6.45) is 3.83. The highest BCUT2D eigenvalue weighted by Gasteiger charge is 2.19. The van der Waals surface area contributed by atoms with Crippen LogP contribution in [0.15, 0.2) is 42.6 Å². The Bertz CT molecular complexity index is 569. The molecule has 1 heterocycles. The zero-order valence-corrected chi connectivity index (χ0v) is 13.1. The average molecular weight is 284 g/mol. The van der Waals surface area contributed by atoms with Crippen LogP contribution in [0.4, 0.5) is 0 Å². The van der Waals surface area contributed by atoms with Gasteiger partial charge in [-0.05, 0) is 37.6 Å². The van der Waals surface area contributed by atoms with Gasteiger partial charge in [-0.15, -0.1) is 0 Å². The molecule has 0 aliphatic rings. The molecule has 0 fully saturated rings. The molecule has 1 N–H and O–H groups in total. The Hall–Kier alpha value is -1.87. The highest BCUT2D eigenvalue weighted by molar-refractivity contribution is 5.41. The fraction of sp³-hybridized carbons (Fsp3) is 0.389. The van der Waals surface area contributed by atoms with E-state index in [1.165, 1.54) is 5.56 Å². The number of nitrogens with zero attached hydrogens (tertiary/aromatic N) is 1. The standard InChI is InChI=1S/C18H24N2O/c1-4-13-21-16-11-7-6-10-15(16)18(19-3)17-14(5-2)9-8-12-20-17/h6-12,18-19H,4-5,13H2,1-3H3. The maximum atomic E-state index is 5.90. The second kappa shape index (κ2) is 7.79. The summed E-state index contributed by atoms with van der Waals surface area (Å²) in [7, 11) is 1.97. The van der Waals surface area contributed by atoms with Gasteiger partial charge < -0.3 is 10.1 Å². The SMILES string of the molecule is CCCOc1ccccc1C(NC)c1ncccc1CC. The Morgan fingerprint density at radius 1 is 1.14 bits per heavy atom. The van der Waals surface area contributed by atoms with E-state index in [0.29, 0.717) is 0 Å². The summed E-state index contributed by atoms with van der Waals surface area (Å²) in [6, 6.07) is 12.4. The largest absolute Gasteiger partial charge is 0.493 e. The van der Waals surface area contributed by atoms with Crippen molar-refractivity contribution in [2.75, 3.05) is 13.7 Å². The molecule has 1 aromatic carbocycles. The Labute approximate surface area is 127 Å². The third-order valence-electron chi connectivity index (χ3n) is 3.56. The molecule has 2 aromatic rings. The highest BCUT2D eigenvalue weighted by atomic mass is 16.5. The molecule has 112 valence electrons. The molecule has 1 atom stereocenters. The molecule has 0 spiro atoms. The summed E-state index contributed by atoms with van der Waals surface area (Å²) in [5.74, 6) is 0.936. The number of aromatic nitrogens is 1. The first-order valence-corrected chi connectivity index (χ1v) is 7.64. The van der Waals surface area contributed by atoms with E-state index < -0.39 is 0 Å². The number of ether oxygens (including phenoxy) is 1. The zero-order valence-electron chi connectivity index (χ0n) is 13.1. The van der Waals surface area contributed by atoms with Gasteiger partial charge in [0.1, 0.15) is 5.75 Å². The van der Waals surface area contributed by atoms with Gasteiger partial charge in [0.2, 0.25) is 0 Å². The third-order valence-corrected chi connectivity index (χ3v) is 3.56. The van der Waals surface area contributed by atoms with Crippen LogP contribution in [0.1, 0.15) is 43.1 Å². The first-order valence-electron chi connectivity index (χ1n) is 7.64. The maximum absolute atomic E-state index is 5.90. The minimum atomic E-state index is 0.0502. The van der Waals surface area contributed by atoms with Crippen LogP contribution in [0.5, 0.6) is 5.75 Å². The Morgan fingerprint density at radius 3 is 2.67 bits per heavy atom. The summed E-state index contributed by atoms with van der Waals surface area (Å²) in [4.78, 5) is 4.60. The normalized spacial score (nSPS) is 12.1. The smallest absolute Gasteiger partial charge is 0.124 e. The van der Waals surface area contributed by atoms with Crippen molar-refractivity contribution in [1.29, 1.82) is 0 Å². The van der Waals surface area contributed by atoms with Crippen LogP contribution in [0.2, 0.25) is 0 Å². The topological polar surface area (TPSA) is 34.1 Å². The minimum Gasteiger partial charge on any atom is -0.493 e. The lowest BCUT2D eigenvalue weighted by Crippen LogP contribution is -2.21. The Balaban J connectivity index is 2.41. The number of hydrogen-bond acceptors (Lipinski definition) is 3. The number of hydrogen-bond donors (Lipinski definition) is 1. The van der Waals surface area contributed by atoms with Gasteiger partial charge in [-0.25, -0.2) is 0 Å². The number of aryl methyl sites for hydroxylation is 1. The Kier molecular flexibility index (Phi) is 5.76. The van der Waals surface area contributed by atoms with Gasteiger partial charge in [0.15, 0.2) is 0 Å². The average Bonchev–Trinajstić information content (AvgIpc) is 2.55. The molecule has 0 saturated carbocycles. The van der Waals surface area contributed by atoms with E-state index in [0.717, 1.165) is 36.5 Å². The van der Waals surface area contributed by atoms with Gasteiger partial charge in [0.05, 0.1) is 18.3 Å². The molecule has 2 rings (SSSR count). The third kappa shape index (κ3) is 3.61. The molecule has 21 heavy (non-hydrogen) atoms. The van der Waals surface area contributed by atoms with Crippen LogP contribution in [-0.2, 0) is 6.42 Å². The van der Waals surface area contributed by atoms with Crippen molar-refractivity contribution in [2.45, 2.75) is 32.7 Å². The van der Waals surface area contributed by atoms with E-state index in [1.807, 2.05) is 37.5 Å². The van der Waals surface area contributed by atoms with Crippen molar-refractivity contribution >= 4 is 0 Å². The fourth-order valence-corrected chi connectivity index (χ4v) is 2.51. The highest BCUT2D eigenvalue weighted by Crippen LogP contribution is 2.30. The number of benzene rings is 1. The molecular formula is C18H24N2O. The van der Waals surface area contributed by atoms with Gasteiger partial charge >= 0.3 is 0 Å². The predicted molar refractivity (Wildman–Crippen MR) is 86.7 cm³/mol. The van der Waals surface area contributed by atoms with Crippen molar-refractivity contribution in [1.82, 2.24) is 10.3 Å². The quantitative estimate of drug-likeness (QED) is 0.841. The van der Waals surface area contributed by atoms with Crippen LogP contribution in [-0.4, -0.2) is 18.6 Å². The van der Waals surface area contributed by atoms with E-state index in [-0.39, 0.29) is 6.04 Å². The summed E-state index contributed by atoms with van der Waals surface area (Å²) >= 11 is 0. The zero-order chi connectivity index (χ0) is 15.1.